The summed E-state index contributed by atoms with van der Waals surface area (Å²) in [6.45, 7) is 1.99. The number of hydroxylamine groups is 1. The van der Waals surface area contributed by atoms with E-state index in [1.165, 1.54) is 0 Å². The molecule has 14 heavy (non-hydrogen) atoms. The molecule has 0 bridgehead atoms. The van der Waals surface area contributed by atoms with E-state index in [1.807, 2.05) is 13.0 Å². The van der Waals surface area contributed by atoms with Gasteiger partial charge in [0.2, 0.25) is 5.91 Å². The highest BCUT2D eigenvalue weighted by atomic mass is 16.5. The third-order valence-electron chi connectivity index (χ3n) is 1.96. The number of hydrogen-bond acceptors (Lipinski definition) is 2. The number of rotatable bonds is 4. The van der Waals surface area contributed by atoms with Crippen molar-refractivity contribution in [2.45, 2.75) is 26.2 Å². The summed E-state index contributed by atoms with van der Waals surface area (Å²) in [6, 6.07) is 8.57. The van der Waals surface area contributed by atoms with Crippen molar-refractivity contribution in [2.75, 3.05) is 5.06 Å². The van der Waals surface area contributed by atoms with Crippen LogP contribution in [-0.4, -0.2) is 5.91 Å². The first-order chi connectivity index (χ1) is 6.75. The molecule has 0 aliphatic carbocycles. The minimum Gasteiger partial charge on any atom is -0.752 e. The maximum atomic E-state index is 11.4. The molecule has 0 saturated carbocycles. The molecule has 3 nitrogen and oxygen atoms in total. The molecule has 1 aromatic rings. The van der Waals surface area contributed by atoms with Gasteiger partial charge in [-0.05, 0) is 18.6 Å². The second-order valence-corrected chi connectivity index (χ2v) is 3.13. The lowest BCUT2D eigenvalue weighted by molar-refractivity contribution is -0.118. The van der Waals surface area contributed by atoms with Crippen LogP contribution in [0.25, 0.3) is 0 Å². The van der Waals surface area contributed by atoms with Gasteiger partial charge in [-0.3, -0.25) is 4.79 Å². The van der Waals surface area contributed by atoms with Crippen molar-refractivity contribution in [3.8, 4) is 0 Å². The first kappa shape index (κ1) is 10.7. The molecule has 0 spiro atoms. The summed E-state index contributed by atoms with van der Waals surface area (Å²) in [5.74, 6) is -0.363. The Morgan fingerprint density at radius 3 is 2.57 bits per heavy atom. The van der Waals surface area contributed by atoms with Crippen LogP contribution in [0.3, 0.4) is 0 Å². The van der Waals surface area contributed by atoms with E-state index in [0.717, 1.165) is 12.8 Å². The lowest BCUT2D eigenvalue weighted by Crippen LogP contribution is -2.23. The van der Waals surface area contributed by atoms with Gasteiger partial charge >= 0.3 is 0 Å². The van der Waals surface area contributed by atoms with Gasteiger partial charge in [-0.2, -0.15) is 0 Å². The summed E-state index contributed by atoms with van der Waals surface area (Å²) >= 11 is 0. The van der Waals surface area contributed by atoms with Crippen molar-refractivity contribution in [1.82, 2.24) is 0 Å². The Bertz CT molecular complexity index is 285. The summed E-state index contributed by atoms with van der Waals surface area (Å²) in [6.07, 6.45) is 2.02. The predicted octanol–water partition coefficient (Wildman–Crippen LogP) is 2.71. The van der Waals surface area contributed by atoms with E-state index in [0.29, 0.717) is 17.2 Å². The molecule has 0 radical (unpaired) electrons. The number of benzene rings is 1. The first-order valence-electron chi connectivity index (χ1n) is 4.81. The number of amides is 1. The van der Waals surface area contributed by atoms with Crippen LogP contribution in [0.4, 0.5) is 5.69 Å². The van der Waals surface area contributed by atoms with Crippen LogP contribution >= 0.6 is 0 Å². The van der Waals surface area contributed by atoms with Gasteiger partial charge in [-0.25, -0.2) is 0 Å². The number of nitrogens with zero attached hydrogens (tertiary/aromatic N) is 1. The van der Waals surface area contributed by atoms with E-state index >= 15 is 0 Å². The van der Waals surface area contributed by atoms with Crippen molar-refractivity contribution in [3.63, 3.8) is 0 Å². The number of carbonyl (C=O) groups excluding carboxylic acids is 1. The molecule has 3 heteroatoms. The average Bonchev–Trinajstić information content (AvgIpc) is 2.26. The van der Waals surface area contributed by atoms with Crippen molar-refractivity contribution >= 4 is 11.6 Å². The molecule has 1 rings (SSSR count). The Labute approximate surface area is 83.9 Å². The normalized spacial score (nSPS) is 9.86. The van der Waals surface area contributed by atoms with Gasteiger partial charge in [0.15, 0.2) is 0 Å². The highest BCUT2D eigenvalue weighted by molar-refractivity contribution is 5.93. The number of anilines is 1. The van der Waals surface area contributed by atoms with E-state index in [9.17, 15) is 10.0 Å². The third kappa shape index (κ3) is 2.85. The quantitative estimate of drug-likeness (QED) is 0.688. The summed E-state index contributed by atoms with van der Waals surface area (Å²) in [5, 5.41) is 11.9. The molecule has 0 fully saturated rings. The highest BCUT2D eigenvalue weighted by Gasteiger charge is 2.04. The molecule has 0 unspecified atom stereocenters. The molecule has 76 valence electrons. The summed E-state index contributed by atoms with van der Waals surface area (Å²) < 4.78 is 0. The summed E-state index contributed by atoms with van der Waals surface area (Å²) in [4.78, 5) is 11.3. The van der Waals surface area contributed by atoms with Gasteiger partial charge in [0.1, 0.15) is 0 Å². The molecule has 0 atom stereocenters. The first-order valence-corrected chi connectivity index (χ1v) is 4.81. The maximum absolute atomic E-state index is 11.4. The van der Waals surface area contributed by atoms with Crippen LogP contribution in [0.15, 0.2) is 30.3 Å². The Hall–Kier alpha value is -1.35. The molecule has 0 aliphatic heterocycles. The van der Waals surface area contributed by atoms with E-state index in [1.54, 1.807) is 24.3 Å². The standard InChI is InChI=1S/C11H14NO2/c1-2-3-9-11(13)12(14)10-7-5-4-6-8-10/h4-8H,2-3,9H2,1H3/q-1. The van der Waals surface area contributed by atoms with Crippen LogP contribution in [-0.2, 0) is 4.79 Å². The van der Waals surface area contributed by atoms with E-state index in [4.69, 9.17) is 0 Å². The highest BCUT2D eigenvalue weighted by Crippen LogP contribution is 2.13. The largest absolute Gasteiger partial charge is 0.752 e. The van der Waals surface area contributed by atoms with E-state index in [2.05, 4.69) is 0 Å². The molecule has 1 aromatic carbocycles. The molecule has 0 aliphatic rings. The van der Waals surface area contributed by atoms with Crippen LogP contribution in [0.2, 0.25) is 0 Å². The van der Waals surface area contributed by atoms with Gasteiger partial charge in [-0.1, -0.05) is 31.5 Å². The zero-order chi connectivity index (χ0) is 10.4. The lowest BCUT2D eigenvalue weighted by atomic mass is 10.2. The molecule has 1 amide bonds. The van der Waals surface area contributed by atoms with Crippen molar-refractivity contribution in [3.05, 3.63) is 35.5 Å². The fraction of sp³-hybridized carbons (Fsp3) is 0.364. The molecule has 0 N–H and O–H groups in total. The number of carbonyl (C=O) groups is 1. The fourth-order valence-electron chi connectivity index (χ4n) is 1.14. The Kier molecular flexibility index (Phi) is 4.13. The predicted molar refractivity (Wildman–Crippen MR) is 56.8 cm³/mol. The fourth-order valence-corrected chi connectivity index (χ4v) is 1.14. The van der Waals surface area contributed by atoms with Crippen LogP contribution in [0.5, 0.6) is 0 Å². The van der Waals surface area contributed by atoms with E-state index in [-0.39, 0.29) is 5.91 Å². The Morgan fingerprint density at radius 2 is 2.00 bits per heavy atom. The Morgan fingerprint density at radius 1 is 1.36 bits per heavy atom. The average molecular weight is 192 g/mol. The van der Waals surface area contributed by atoms with Gasteiger partial charge in [-0.15, -0.1) is 0 Å². The number of unbranched alkanes of at least 4 members (excludes halogenated alkanes) is 1. The second-order valence-electron chi connectivity index (χ2n) is 3.13. The molecule has 0 heterocycles. The summed E-state index contributed by atoms with van der Waals surface area (Å²) in [5.41, 5.74) is 0.411. The minimum atomic E-state index is -0.363. The van der Waals surface area contributed by atoms with Crippen LogP contribution in [0, 0.1) is 5.21 Å². The van der Waals surface area contributed by atoms with Crippen molar-refractivity contribution in [2.24, 2.45) is 0 Å². The van der Waals surface area contributed by atoms with Gasteiger partial charge in [0, 0.05) is 12.1 Å². The number of hydrogen-bond donors (Lipinski definition) is 0. The maximum Gasteiger partial charge on any atom is 0.216 e. The number of para-hydroxylation sites is 1. The topological polar surface area (TPSA) is 43.4 Å². The smallest absolute Gasteiger partial charge is 0.216 e. The lowest BCUT2D eigenvalue weighted by Gasteiger charge is -2.28. The Balaban J connectivity index is 2.57. The molecular weight excluding hydrogens is 178 g/mol. The van der Waals surface area contributed by atoms with Gasteiger partial charge in [0.25, 0.3) is 0 Å². The monoisotopic (exact) mass is 192 g/mol. The third-order valence-corrected chi connectivity index (χ3v) is 1.96. The van der Waals surface area contributed by atoms with E-state index < -0.39 is 0 Å². The second kappa shape index (κ2) is 5.40. The SMILES string of the molecule is CCCCC(=O)N([O-])c1ccccc1. The zero-order valence-electron chi connectivity index (χ0n) is 8.27. The summed E-state index contributed by atoms with van der Waals surface area (Å²) in [7, 11) is 0. The molecular formula is C11H14NO2-. The zero-order valence-corrected chi connectivity index (χ0v) is 8.27. The minimum absolute atomic E-state index is 0.328. The van der Waals surface area contributed by atoms with Gasteiger partial charge in [0.05, 0.1) is 0 Å². The molecule has 0 saturated heterocycles. The van der Waals surface area contributed by atoms with Crippen LogP contribution in [0.1, 0.15) is 26.2 Å². The van der Waals surface area contributed by atoms with Crippen LogP contribution < -0.4 is 5.06 Å². The van der Waals surface area contributed by atoms with Gasteiger partial charge < -0.3 is 10.3 Å². The van der Waals surface area contributed by atoms with Crippen molar-refractivity contribution in [1.29, 1.82) is 0 Å². The molecule has 0 aromatic heterocycles. The van der Waals surface area contributed by atoms with Crippen molar-refractivity contribution < 1.29 is 4.79 Å².